The lowest BCUT2D eigenvalue weighted by Crippen LogP contribution is -2.23. The topological polar surface area (TPSA) is 21.3 Å². The molecule has 0 saturated carbocycles. The Morgan fingerprint density at radius 1 is 1.10 bits per heavy atom. The van der Waals surface area contributed by atoms with Gasteiger partial charge in [-0.15, -0.1) is 0 Å². The molecule has 0 amide bonds. The number of hydrogen-bond acceptors (Lipinski definition) is 2. The summed E-state index contributed by atoms with van der Waals surface area (Å²) in [5.74, 6) is 0.838. The molecule has 0 saturated heterocycles. The highest BCUT2D eigenvalue weighted by Gasteiger charge is 2.17. The van der Waals surface area contributed by atoms with E-state index in [0.717, 1.165) is 29.8 Å². The minimum atomic E-state index is 0.0158. The van der Waals surface area contributed by atoms with Gasteiger partial charge in [0.15, 0.2) is 0 Å². The first-order chi connectivity index (χ1) is 10.2. The number of methoxy groups -OCH3 is 1. The summed E-state index contributed by atoms with van der Waals surface area (Å²) in [4.78, 5) is 0. The summed E-state index contributed by atoms with van der Waals surface area (Å²) in [6, 6.07) is 13.6. The van der Waals surface area contributed by atoms with Crippen molar-refractivity contribution in [2.45, 2.75) is 19.4 Å². The lowest BCUT2D eigenvalue weighted by Gasteiger charge is -2.21. The maximum Gasteiger partial charge on any atom is 0.118 e. The van der Waals surface area contributed by atoms with Gasteiger partial charge in [-0.2, -0.15) is 0 Å². The summed E-state index contributed by atoms with van der Waals surface area (Å²) < 4.78 is 5.21. The molecule has 21 heavy (non-hydrogen) atoms. The van der Waals surface area contributed by atoms with Crippen molar-refractivity contribution in [3.63, 3.8) is 0 Å². The molecule has 0 heterocycles. The molecular weight excluding hydrogens is 305 g/mol. The number of ether oxygens (including phenoxy) is 1. The van der Waals surface area contributed by atoms with Crippen molar-refractivity contribution in [3.05, 3.63) is 63.6 Å². The van der Waals surface area contributed by atoms with Crippen LogP contribution in [0, 0.1) is 0 Å². The van der Waals surface area contributed by atoms with Gasteiger partial charge < -0.3 is 10.1 Å². The van der Waals surface area contributed by atoms with E-state index in [1.54, 1.807) is 13.2 Å². The van der Waals surface area contributed by atoms with Gasteiger partial charge in [0.2, 0.25) is 0 Å². The monoisotopic (exact) mass is 323 g/mol. The van der Waals surface area contributed by atoms with E-state index in [2.05, 4.69) is 12.2 Å². The van der Waals surface area contributed by atoms with Gasteiger partial charge in [-0.1, -0.05) is 42.3 Å². The highest BCUT2D eigenvalue weighted by atomic mass is 35.5. The normalized spacial score (nSPS) is 12.2. The van der Waals surface area contributed by atoms with Crippen LogP contribution >= 0.6 is 23.2 Å². The molecule has 0 spiro atoms. The third kappa shape index (κ3) is 4.13. The van der Waals surface area contributed by atoms with Gasteiger partial charge in [-0.05, 0) is 54.4 Å². The van der Waals surface area contributed by atoms with Crippen LogP contribution in [0.3, 0.4) is 0 Å². The van der Waals surface area contributed by atoms with E-state index >= 15 is 0 Å². The molecule has 112 valence electrons. The fourth-order valence-corrected chi connectivity index (χ4v) is 2.64. The highest BCUT2D eigenvalue weighted by Crippen LogP contribution is 2.31. The minimum absolute atomic E-state index is 0.0158. The molecule has 0 aliphatic rings. The van der Waals surface area contributed by atoms with Crippen LogP contribution < -0.4 is 10.1 Å². The maximum absolute atomic E-state index is 6.36. The van der Waals surface area contributed by atoms with Crippen LogP contribution in [-0.4, -0.2) is 13.7 Å². The molecule has 4 heteroatoms. The van der Waals surface area contributed by atoms with Crippen LogP contribution in [0.5, 0.6) is 5.75 Å². The Morgan fingerprint density at radius 2 is 1.81 bits per heavy atom. The number of rotatable bonds is 6. The van der Waals surface area contributed by atoms with Gasteiger partial charge in [-0.25, -0.2) is 0 Å². The van der Waals surface area contributed by atoms with Crippen molar-refractivity contribution >= 4 is 23.2 Å². The van der Waals surface area contributed by atoms with E-state index in [1.165, 1.54) is 0 Å². The second-order valence-electron chi connectivity index (χ2n) is 4.83. The fraction of sp³-hybridized carbons (Fsp3) is 0.294. The Labute approximate surface area is 136 Å². The van der Waals surface area contributed by atoms with E-state index in [0.29, 0.717) is 10.0 Å². The number of hydrogen-bond donors (Lipinski definition) is 1. The first-order valence-electron chi connectivity index (χ1n) is 6.98. The van der Waals surface area contributed by atoms with Crippen molar-refractivity contribution in [2.75, 3.05) is 13.7 Å². The molecule has 2 aromatic rings. The quantitative estimate of drug-likeness (QED) is 0.799. The summed E-state index contributed by atoms with van der Waals surface area (Å²) in [7, 11) is 1.66. The fourth-order valence-electron chi connectivity index (χ4n) is 2.23. The Hall–Kier alpha value is -1.22. The van der Waals surface area contributed by atoms with Crippen molar-refractivity contribution in [1.82, 2.24) is 5.32 Å². The van der Waals surface area contributed by atoms with Crippen LogP contribution in [-0.2, 0) is 0 Å². The molecule has 0 aliphatic carbocycles. The molecule has 0 aromatic heterocycles. The van der Waals surface area contributed by atoms with Crippen LogP contribution in [0.4, 0.5) is 0 Å². The lowest BCUT2D eigenvalue weighted by molar-refractivity contribution is 0.414. The highest BCUT2D eigenvalue weighted by molar-refractivity contribution is 6.33. The molecule has 0 radical (unpaired) electrons. The van der Waals surface area contributed by atoms with E-state index < -0.39 is 0 Å². The second kappa shape index (κ2) is 7.69. The Kier molecular flexibility index (Phi) is 5.92. The maximum atomic E-state index is 6.36. The zero-order valence-corrected chi connectivity index (χ0v) is 13.7. The van der Waals surface area contributed by atoms with Crippen molar-refractivity contribution in [2.24, 2.45) is 0 Å². The molecule has 2 rings (SSSR count). The van der Waals surface area contributed by atoms with Gasteiger partial charge in [0, 0.05) is 10.0 Å². The zero-order chi connectivity index (χ0) is 15.2. The molecule has 2 nitrogen and oxygen atoms in total. The van der Waals surface area contributed by atoms with Crippen LogP contribution in [0.15, 0.2) is 42.5 Å². The summed E-state index contributed by atoms with van der Waals surface area (Å²) >= 11 is 12.5. The molecule has 0 fully saturated rings. The zero-order valence-electron chi connectivity index (χ0n) is 12.2. The van der Waals surface area contributed by atoms with Gasteiger partial charge >= 0.3 is 0 Å². The number of nitrogens with one attached hydrogen (secondary N) is 1. The lowest BCUT2D eigenvalue weighted by atomic mass is 9.98. The van der Waals surface area contributed by atoms with Crippen LogP contribution in [0.1, 0.15) is 30.5 Å². The average Bonchev–Trinajstić information content (AvgIpc) is 2.51. The van der Waals surface area contributed by atoms with Gasteiger partial charge in [0.1, 0.15) is 5.75 Å². The first-order valence-corrected chi connectivity index (χ1v) is 7.73. The van der Waals surface area contributed by atoms with Gasteiger partial charge in [-0.3, -0.25) is 0 Å². The van der Waals surface area contributed by atoms with Crippen LogP contribution in [0.25, 0.3) is 0 Å². The summed E-state index contributed by atoms with van der Waals surface area (Å²) in [6.45, 7) is 3.04. The Morgan fingerprint density at radius 3 is 2.43 bits per heavy atom. The van der Waals surface area contributed by atoms with Crippen molar-refractivity contribution in [1.29, 1.82) is 0 Å². The van der Waals surface area contributed by atoms with Crippen LogP contribution in [0.2, 0.25) is 10.0 Å². The van der Waals surface area contributed by atoms with E-state index in [1.807, 2.05) is 36.4 Å². The minimum Gasteiger partial charge on any atom is -0.497 e. The van der Waals surface area contributed by atoms with Crippen molar-refractivity contribution < 1.29 is 4.74 Å². The molecule has 1 unspecified atom stereocenters. The van der Waals surface area contributed by atoms with Gasteiger partial charge in [0.25, 0.3) is 0 Å². The summed E-state index contributed by atoms with van der Waals surface area (Å²) in [6.07, 6.45) is 1.05. The van der Waals surface area contributed by atoms with E-state index in [9.17, 15) is 0 Å². The molecule has 2 aromatic carbocycles. The van der Waals surface area contributed by atoms with Gasteiger partial charge in [0.05, 0.1) is 13.2 Å². The summed E-state index contributed by atoms with van der Waals surface area (Å²) in [5.41, 5.74) is 2.12. The molecule has 1 N–H and O–H groups in total. The van der Waals surface area contributed by atoms with E-state index in [4.69, 9.17) is 27.9 Å². The molecule has 1 atom stereocenters. The smallest absolute Gasteiger partial charge is 0.118 e. The Balaban J connectivity index is 2.38. The SMILES string of the molecule is CCCNC(c1ccc(OC)cc1)c1cc(Cl)ccc1Cl. The predicted octanol–water partition coefficient (Wildman–Crippen LogP) is 5.09. The first kappa shape index (κ1) is 16.2. The average molecular weight is 324 g/mol. The predicted molar refractivity (Wildman–Crippen MR) is 89.6 cm³/mol. The van der Waals surface area contributed by atoms with Crippen molar-refractivity contribution in [3.8, 4) is 5.75 Å². The third-order valence-corrected chi connectivity index (χ3v) is 3.90. The molecular formula is C17H19Cl2NO. The standard InChI is InChI=1S/C17H19Cl2NO/c1-3-10-20-17(12-4-7-14(21-2)8-5-12)15-11-13(18)6-9-16(15)19/h4-9,11,17,20H,3,10H2,1-2H3. The Bertz CT molecular complexity index is 584. The second-order valence-corrected chi connectivity index (χ2v) is 5.67. The third-order valence-electron chi connectivity index (χ3n) is 3.32. The summed E-state index contributed by atoms with van der Waals surface area (Å²) in [5, 5.41) is 4.92. The largest absolute Gasteiger partial charge is 0.497 e. The number of benzene rings is 2. The number of halogens is 2. The van der Waals surface area contributed by atoms with E-state index in [-0.39, 0.29) is 6.04 Å². The molecule has 0 bridgehead atoms. The molecule has 0 aliphatic heterocycles.